The average Bonchev–Trinajstić information content (AvgIpc) is 2.85. The number of para-hydroxylation sites is 1. The van der Waals surface area contributed by atoms with Crippen LogP contribution in [-0.4, -0.2) is 30.4 Å². The SMILES string of the molecule is Cc1ccc(C)c(NC(=O)COc2ccccc2/C=C2\C(=O)NC(=O)N(c3cc(Cl)ccc3C)C2=O)c1. The van der Waals surface area contributed by atoms with Gasteiger partial charge in [-0.1, -0.05) is 48.0 Å². The molecule has 0 saturated carbocycles. The molecule has 0 spiro atoms. The van der Waals surface area contributed by atoms with E-state index in [1.54, 1.807) is 43.3 Å². The molecule has 0 aromatic heterocycles. The number of benzene rings is 3. The van der Waals surface area contributed by atoms with Crippen LogP contribution < -0.4 is 20.3 Å². The van der Waals surface area contributed by atoms with E-state index in [-0.39, 0.29) is 29.5 Å². The number of hydrogen-bond donors (Lipinski definition) is 2. The first-order valence-corrected chi connectivity index (χ1v) is 11.8. The number of rotatable bonds is 6. The van der Waals surface area contributed by atoms with E-state index in [1.807, 2.05) is 32.0 Å². The fraction of sp³-hybridized carbons (Fsp3) is 0.143. The molecule has 1 aliphatic heterocycles. The van der Waals surface area contributed by atoms with Crippen molar-refractivity contribution in [3.63, 3.8) is 0 Å². The maximum absolute atomic E-state index is 13.3. The predicted molar refractivity (Wildman–Crippen MR) is 142 cm³/mol. The lowest BCUT2D eigenvalue weighted by Crippen LogP contribution is -2.54. The summed E-state index contributed by atoms with van der Waals surface area (Å²) in [7, 11) is 0. The van der Waals surface area contributed by atoms with Crippen LogP contribution in [0.5, 0.6) is 5.75 Å². The monoisotopic (exact) mass is 517 g/mol. The van der Waals surface area contributed by atoms with Crippen molar-refractivity contribution in [2.75, 3.05) is 16.8 Å². The summed E-state index contributed by atoms with van der Waals surface area (Å²) in [6, 6.07) is 16.3. The molecule has 37 heavy (non-hydrogen) atoms. The first-order valence-electron chi connectivity index (χ1n) is 11.4. The van der Waals surface area contributed by atoms with E-state index in [0.29, 0.717) is 21.8 Å². The topological polar surface area (TPSA) is 105 Å². The van der Waals surface area contributed by atoms with Gasteiger partial charge in [0.1, 0.15) is 11.3 Å². The summed E-state index contributed by atoms with van der Waals surface area (Å²) in [4.78, 5) is 51.8. The van der Waals surface area contributed by atoms with Crippen molar-refractivity contribution >= 4 is 52.8 Å². The number of anilines is 2. The summed E-state index contributed by atoms with van der Waals surface area (Å²) in [6.45, 7) is 5.25. The van der Waals surface area contributed by atoms with Gasteiger partial charge in [0.15, 0.2) is 6.61 Å². The minimum Gasteiger partial charge on any atom is -0.483 e. The van der Waals surface area contributed by atoms with Gasteiger partial charge in [-0.2, -0.15) is 0 Å². The Hall–Kier alpha value is -4.43. The molecule has 2 N–H and O–H groups in total. The van der Waals surface area contributed by atoms with Gasteiger partial charge in [0.2, 0.25) is 0 Å². The Labute approximate surface area is 218 Å². The molecule has 0 bridgehead atoms. The fourth-order valence-corrected chi connectivity index (χ4v) is 3.95. The van der Waals surface area contributed by atoms with E-state index in [9.17, 15) is 19.2 Å². The standard InChI is InChI=1S/C28H24ClN3O5/c1-16-8-9-17(2)22(12-16)30-25(33)15-37-24-7-5-4-6-19(24)13-21-26(34)31-28(36)32(27(21)35)23-14-20(29)11-10-18(23)3/h4-14H,15H2,1-3H3,(H,30,33)(H,31,34,36)/b21-13+. The molecule has 1 fully saturated rings. The Morgan fingerprint density at radius 1 is 1.00 bits per heavy atom. The lowest BCUT2D eigenvalue weighted by molar-refractivity contribution is -0.122. The third-order valence-corrected chi connectivity index (χ3v) is 5.99. The van der Waals surface area contributed by atoms with Gasteiger partial charge in [-0.3, -0.25) is 19.7 Å². The van der Waals surface area contributed by atoms with Gasteiger partial charge in [-0.25, -0.2) is 9.69 Å². The van der Waals surface area contributed by atoms with Gasteiger partial charge >= 0.3 is 6.03 Å². The second-order valence-electron chi connectivity index (χ2n) is 8.58. The summed E-state index contributed by atoms with van der Waals surface area (Å²) >= 11 is 6.07. The number of hydrogen-bond acceptors (Lipinski definition) is 5. The third-order valence-electron chi connectivity index (χ3n) is 5.76. The highest BCUT2D eigenvalue weighted by atomic mass is 35.5. The molecule has 9 heteroatoms. The van der Waals surface area contributed by atoms with Crippen LogP contribution in [0.2, 0.25) is 5.02 Å². The van der Waals surface area contributed by atoms with Crippen LogP contribution in [-0.2, 0) is 14.4 Å². The maximum atomic E-state index is 13.3. The van der Waals surface area contributed by atoms with Crippen molar-refractivity contribution < 1.29 is 23.9 Å². The van der Waals surface area contributed by atoms with Crippen LogP contribution >= 0.6 is 11.6 Å². The van der Waals surface area contributed by atoms with Gasteiger partial charge in [-0.05, 0) is 67.8 Å². The average molecular weight is 518 g/mol. The van der Waals surface area contributed by atoms with Gasteiger partial charge in [0.25, 0.3) is 17.7 Å². The molecule has 8 nitrogen and oxygen atoms in total. The molecule has 3 aromatic rings. The largest absolute Gasteiger partial charge is 0.483 e. The molecule has 1 aliphatic rings. The zero-order chi connectivity index (χ0) is 26.7. The molecular weight excluding hydrogens is 494 g/mol. The second-order valence-corrected chi connectivity index (χ2v) is 9.02. The van der Waals surface area contributed by atoms with Gasteiger partial charge in [0.05, 0.1) is 5.69 Å². The van der Waals surface area contributed by atoms with E-state index >= 15 is 0 Å². The number of halogens is 1. The number of barbiturate groups is 1. The highest BCUT2D eigenvalue weighted by molar-refractivity contribution is 6.39. The van der Waals surface area contributed by atoms with Crippen LogP contribution in [0.25, 0.3) is 6.08 Å². The van der Waals surface area contributed by atoms with Gasteiger partial charge < -0.3 is 10.1 Å². The zero-order valence-electron chi connectivity index (χ0n) is 20.4. The number of aryl methyl sites for hydroxylation is 3. The van der Waals surface area contributed by atoms with E-state index in [0.717, 1.165) is 16.0 Å². The summed E-state index contributed by atoms with van der Waals surface area (Å²) in [6.07, 6.45) is 1.33. The molecule has 0 atom stereocenters. The molecule has 4 rings (SSSR count). The quantitative estimate of drug-likeness (QED) is 0.355. The van der Waals surface area contributed by atoms with Crippen molar-refractivity contribution in [3.05, 3.63) is 93.5 Å². The minimum atomic E-state index is -0.870. The predicted octanol–water partition coefficient (Wildman–Crippen LogP) is 4.95. The molecule has 0 aliphatic carbocycles. The minimum absolute atomic E-state index is 0.265. The molecule has 3 aromatic carbocycles. The Balaban J connectivity index is 1.57. The fourth-order valence-electron chi connectivity index (χ4n) is 3.79. The normalized spacial score (nSPS) is 14.5. The van der Waals surface area contributed by atoms with Crippen LogP contribution in [0.4, 0.5) is 16.2 Å². The lowest BCUT2D eigenvalue weighted by Gasteiger charge is -2.27. The van der Waals surface area contributed by atoms with Crippen molar-refractivity contribution in [1.29, 1.82) is 0 Å². The van der Waals surface area contributed by atoms with Crippen LogP contribution in [0.1, 0.15) is 22.3 Å². The molecule has 1 heterocycles. The smallest absolute Gasteiger partial charge is 0.335 e. The lowest BCUT2D eigenvalue weighted by atomic mass is 10.1. The number of urea groups is 1. The molecule has 188 valence electrons. The molecule has 1 saturated heterocycles. The Morgan fingerprint density at radius 3 is 2.51 bits per heavy atom. The van der Waals surface area contributed by atoms with Crippen molar-refractivity contribution in [1.82, 2.24) is 5.32 Å². The third kappa shape index (κ3) is 5.70. The Morgan fingerprint density at radius 2 is 1.73 bits per heavy atom. The first kappa shape index (κ1) is 25.7. The zero-order valence-corrected chi connectivity index (χ0v) is 21.2. The van der Waals surface area contributed by atoms with E-state index in [4.69, 9.17) is 16.3 Å². The number of nitrogens with one attached hydrogen (secondary N) is 2. The molecular formula is C28H24ClN3O5. The number of imide groups is 2. The van der Waals surface area contributed by atoms with E-state index in [2.05, 4.69) is 10.6 Å². The molecule has 0 unspecified atom stereocenters. The van der Waals surface area contributed by atoms with Crippen molar-refractivity contribution in [2.45, 2.75) is 20.8 Å². The van der Waals surface area contributed by atoms with Crippen LogP contribution in [0.3, 0.4) is 0 Å². The van der Waals surface area contributed by atoms with E-state index in [1.165, 1.54) is 12.1 Å². The molecule has 0 radical (unpaired) electrons. The van der Waals surface area contributed by atoms with Crippen molar-refractivity contribution in [3.8, 4) is 5.75 Å². The summed E-state index contributed by atoms with van der Waals surface area (Å²) in [5.41, 5.74) is 3.62. The van der Waals surface area contributed by atoms with Gasteiger partial charge in [0, 0.05) is 16.3 Å². The van der Waals surface area contributed by atoms with Crippen LogP contribution in [0, 0.1) is 20.8 Å². The number of amides is 5. The highest BCUT2D eigenvalue weighted by Crippen LogP contribution is 2.29. The molecule has 5 amide bonds. The maximum Gasteiger partial charge on any atom is 0.335 e. The second kappa shape index (κ2) is 10.7. The number of carbonyl (C=O) groups excluding carboxylic acids is 4. The van der Waals surface area contributed by atoms with Gasteiger partial charge in [-0.15, -0.1) is 0 Å². The summed E-state index contributed by atoms with van der Waals surface area (Å²) < 4.78 is 5.72. The van der Waals surface area contributed by atoms with Crippen LogP contribution in [0.15, 0.2) is 66.2 Å². The van der Waals surface area contributed by atoms with Crippen molar-refractivity contribution in [2.24, 2.45) is 0 Å². The number of ether oxygens (including phenoxy) is 1. The Kier molecular flexibility index (Phi) is 7.40. The summed E-state index contributed by atoms with van der Waals surface area (Å²) in [5, 5.41) is 5.35. The first-order chi connectivity index (χ1) is 17.6. The summed E-state index contributed by atoms with van der Waals surface area (Å²) in [5.74, 6) is -1.72. The number of carbonyl (C=O) groups is 4. The number of nitrogens with zero attached hydrogens (tertiary/aromatic N) is 1. The Bertz CT molecular complexity index is 1460. The highest BCUT2D eigenvalue weighted by Gasteiger charge is 2.37. The van der Waals surface area contributed by atoms with E-state index < -0.39 is 17.8 Å².